The van der Waals surface area contributed by atoms with Gasteiger partial charge in [-0.05, 0) is 53.6 Å². The van der Waals surface area contributed by atoms with E-state index in [1.54, 1.807) is 18.2 Å². The summed E-state index contributed by atoms with van der Waals surface area (Å²) in [5.41, 5.74) is 3.44. The average molecular weight is 331 g/mol. The number of carbonyl (C=O) groups excluding carboxylic acids is 1. The standard InChI is InChI=1S/C20H23ClO2/c1-14-13-17(21)10-11-18(14)23-19(22)12-7-15-5-8-16(9-6-15)20(2,3)4/h5-6,8-11,13H,7,12H2,1-4H3. The third-order valence-corrected chi connectivity index (χ3v) is 4.03. The van der Waals surface area contributed by atoms with Gasteiger partial charge >= 0.3 is 5.97 Å². The zero-order valence-corrected chi connectivity index (χ0v) is 14.9. The first-order chi connectivity index (χ1) is 10.8. The van der Waals surface area contributed by atoms with Gasteiger partial charge in [0.15, 0.2) is 0 Å². The Hall–Kier alpha value is -1.80. The summed E-state index contributed by atoms with van der Waals surface area (Å²) in [5, 5.41) is 0.640. The molecule has 3 heteroatoms. The van der Waals surface area contributed by atoms with Gasteiger partial charge in [-0.1, -0.05) is 56.6 Å². The molecule has 0 aliphatic heterocycles. The molecular formula is C20H23ClO2. The molecule has 0 radical (unpaired) electrons. The monoisotopic (exact) mass is 330 g/mol. The fourth-order valence-corrected chi connectivity index (χ4v) is 2.55. The van der Waals surface area contributed by atoms with Gasteiger partial charge in [0, 0.05) is 11.4 Å². The lowest BCUT2D eigenvalue weighted by atomic mass is 9.86. The van der Waals surface area contributed by atoms with E-state index in [-0.39, 0.29) is 11.4 Å². The molecule has 0 saturated carbocycles. The molecule has 0 heterocycles. The Morgan fingerprint density at radius 2 is 1.74 bits per heavy atom. The molecule has 2 nitrogen and oxygen atoms in total. The Kier molecular flexibility index (Phi) is 5.48. The first-order valence-corrected chi connectivity index (χ1v) is 8.20. The van der Waals surface area contributed by atoms with Crippen molar-refractivity contribution < 1.29 is 9.53 Å². The Bertz CT molecular complexity index is 682. The number of benzene rings is 2. The molecule has 0 saturated heterocycles. The van der Waals surface area contributed by atoms with Crippen LogP contribution in [0.5, 0.6) is 5.75 Å². The maximum atomic E-state index is 12.0. The number of hydrogen-bond donors (Lipinski definition) is 0. The normalized spacial score (nSPS) is 11.3. The van der Waals surface area contributed by atoms with Gasteiger partial charge in [-0.2, -0.15) is 0 Å². The first kappa shape index (κ1) is 17.6. The van der Waals surface area contributed by atoms with Crippen molar-refractivity contribution in [2.75, 3.05) is 0 Å². The van der Waals surface area contributed by atoms with Gasteiger partial charge in [-0.3, -0.25) is 4.79 Å². The second-order valence-electron chi connectivity index (χ2n) is 6.83. The fourth-order valence-electron chi connectivity index (χ4n) is 2.32. The van der Waals surface area contributed by atoms with E-state index in [9.17, 15) is 4.79 Å². The van der Waals surface area contributed by atoms with Crippen LogP contribution in [-0.2, 0) is 16.6 Å². The number of aryl methyl sites for hydroxylation is 2. The molecule has 0 amide bonds. The number of rotatable bonds is 4. The third-order valence-electron chi connectivity index (χ3n) is 3.80. The summed E-state index contributed by atoms with van der Waals surface area (Å²) < 4.78 is 5.40. The van der Waals surface area contributed by atoms with E-state index in [0.29, 0.717) is 23.6 Å². The maximum Gasteiger partial charge on any atom is 0.311 e. The Balaban J connectivity index is 1.91. The molecule has 2 rings (SSSR count). The van der Waals surface area contributed by atoms with Crippen molar-refractivity contribution in [3.8, 4) is 5.75 Å². The third kappa shape index (κ3) is 5.11. The summed E-state index contributed by atoms with van der Waals surface area (Å²) in [4.78, 5) is 12.0. The lowest BCUT2D eigenvalue weighted by Gasteiger charge is -2.19. The number of carbonyl (C=O) groups is 1. The summed E-state index contributed by atoms with van der Waals surface area (Å²) in [6, 6.07) is 13.7. The van der Waals surface area contributed by atoms with Crippen molar-refractivity contribution in [2.24, 2.45) is 0 Å². The highest BCUT2D eigenvalue weighted by atomic mass is 35.5. The second-order valence-corrected chi connectivity index (χ2v) is 7.27. The molecule has 23 heavy (non-hydrogen) atoms. The Morgan fingerprint density at radius 1 is 1.09 bits per heavy atom. The van der Waals surface area contributed by atoms with Crippen molar-refractivity contribution in [3.05, 3.63) is 64.2 Å². The molecule has 0 bridgehead atoms. The van der Waals surface area contributed by atoms with Gasteiger partial charge in [0.1, 0.15) is 5.75 Å². The van der Waals surface area contributed by atoms with Crippen molar-refractivity contribution in [1.82, 2.24) is 0 Å². The molecule has 0 spiro atoms. The van der Waals surface area contributed by atoms with Gasteiger partial charge in [0.25, 0.3) is 0 Å². The highest BCUT2D eigenvalue weighted by Gasteiger charge is 2.13. The van der Waals surface area contributed by atoms with Crippen molar-refractivity contribution in [3.63, 3.8) is 0 Å². The van der Waals surface area contributed by atoms with E-state index in [4.69, 9.17) is 16.3 Å². The molecular weight excluding hydrogens is 308 g/mol. The predicted molar refractivity (Wildman–Crippen MR) is 95.3 cm³/mol. The van der Waals surface area contributed by atoms with E-state index in [1.165, 1.54) is 5.56 Å². The molecule has 0 aliphatic rings. The minimum absolute atomic E-state index is 0.142. The molecule has 2 aromatic carbocycles. The van der Waals surface area contributed by atoms with Crippen LogP contribution in [0.3, 0.4) is 0 Å². The minimum atomic E-state index is -0.227. The molecule has 0 N–H and O–H groups in total. The molecule has 122 valence electrons. The Labute approximate surface area is 143 Å². The summed E-state index contributed by atoms with van der Waals surface area (Å²) in [6.45, 7) is 8.44. The van der Waals surface area contributed by atoms with Crippen LogP contribution in [0.25, 0.3) is 0 Å². The number of ether oxygens (including phenoxy) is 1. The van der Waals surface area contributed by atoms with Crippen molar-refractivity contribution in [2.45, 2.75) is 46.0 Å². The molecule has 2 aromatic rings. The molecule has 0 aromatic heterocycles. The molecule has 0 aliphatic carbocycles. The van der Waals surface area contributed by atoms with Crippen molar-refractivity contribution in [1.29, 1.82) is 0 Å². The van der Waals surface area contributed by atoms with Crippen LogP contribution in [0, 0.1) is 6.92 Å². The highest BCUT2D eigenvalue weighted by Crippen LogP contribution is 2.24. The zero-order chi connectivity index (χ0) is 17.0. The SMILES string of the molecule is Cc1cc(Cl)ccc1OC(=O)CCc1ccc(C(C)(C)C)cc1. The smallest absolute Gasteiger partial charge is 0.311 e. The van der Waals surface area contributed by atoms with E-state index in [1.807, 2.05) is 6.92 Å². The van der Waals surface area contributed by atoms with Gasteiger partial charge in [-0.15, -0.1) is 0 Å². The van der Waals surface area contributed by atoms with Crippen LogP contribution >= 0.6 is 11.6 Å². The summed E-state index contributed by atoms with van der Waals surface area (Å²) in [7, 11) is 0. The van der Waals surface area contributed by atoms with E-state index in [0.717, 1.165) is 11.1 Å². The molecule has 0 atom stereocenters. The van der Waals surface area contributed by atoms with Gasteiger partial charge < -0.3 is 4.74 Å². The zero-order valence-electron chi connectivity index (χ0n) is 14.2. The largest absolute Gasteiger partial charge is 0.426 e. The predicted octanol–water partition coefficient (Wildman–Crippen LogP) is 5.48. The van der Waals surface area contributed by atoms with Crippen molar-refractivity contribution >= 4 is 17.6 Å². The topological polar surface area (TPSA) is 26.3 Å². The number of halogens is 1. The quantitative estimate of drug-likeness (QED) is 0.547. The fraction of sp³-hybridized carbons (Fsp3) is 0.350. The lowest BCUT2D eigenvalue weighted by molar-refractivity contribution is -0.134. The van der Waals surface area contributed by atoms with Crippen LogP contribution in [0.15, 0.2) is 42.5 Å². The van der Waals surface area contributed by atoms with Crippen LogP contribution in [0.1, 0.15) is 43.9 Å². The van der Waals surface area contributed by atoms with Gasteiger partial charge in [0.2, 0.25) is 0 Å². The van der Waals surface area contributed by atoms with E-state index < -0.39 is 0 Å². The maximum absolute atomic E-state index is 12.0. The Morgan fingerprint density at radius 3 is 2.30 bits per heavy atom. The minimum Gasteiger partial charge on any atom is -0.426 e. The summed E-state index contributed by atoms with van der Waals surface area (Å²) in [5.74, 6) is 0.345. The number of esters is 1. The first-order valence-electron chi connectivity index (χ1n) is 7.82. The van der Waals surface area contributed by atoms with Gasteiger partial charge in [-0.25, -0.2) is 0 Å². The van der Waals surface area contributed by atoms with Crippen LogP contribution in [-0.4, -0.2) is 5.97 Å². The number of hydrogen-bond acceptors (Lipinski definition) is 2. The van der Waals surface area contributed by atoms with Crippen LogP contribution in [0.2, 0.25) is 5.02 Å². The van der Waals surface area contributed by atoms with E-state index in [2.05, 4.69) is 45.0 Å². The van der Waals surface area contributed by atoms with Crippen LogP contribution < -0.4 is 4.74 Å². The lowest BCUT2D eigenvalue weighted by Crippen LogP contribution is -2.11. The van der Waals surface area contributed by atoms with Crippen LogP contribution in [0.4, 0.5) is 0 Å². The molecule has 0 unspecified atom stereocenters. The summed E-state index contributed by atoms with van der Waals surface area (Å²) >= 11 is 5.90. The van der Waals surface area contributed by atoms with E-state index >= 15 is 0 Å². The van der Waals surface area contributed by atoms with Gasteiger partial charge in [0.05, 0.1) is 0 Å². The average Bonchev–Trinajstić information content (AvgIpc) is 2.47. The molecule has 0 fully saturated rings. The second kappa shape index (κ2) is 7.18. The highest BCUT2D eigenvalue weighted by molar-refractivity contribution is 6.30. The summed E-state index contributed by atoms with van der Waals surface area (Å²) in [6.07, 6.45) is 1.03.